The molecule has 1 aliphatic carbocycles. The number of carbonyl (C=O) groups is 1. The van der Waals surface area contributed by atoms with E-state index in [0.29, 0.717) is 6.42 Å². The van der Waals surface area contributed by atoms with Gasteiger partial charge < -0.3 is 9.47 Å². The van der Waals surface area contributed by atoms with Gasteiger partial charge in [-0.2, -0.15) is 0 Å². The summed E-state index contributed by atoms with van der Waals surface area (Å²) in [4.78, 5) is 11.3. The molecular weight excluding hydrogens is 252 g/mol. The van der Waals surface area contributed by atoms with E-state index in [1.165, 1.54) is 6.92 Å². The van der Waals surface area contributed by atoms with E-state index in [2.05, 4.69) is 24.3 Å². The summed E-state index contributed by atoms with van der Waals surface area (Å²) in [6.45, 7) is 1.43. The molecule has 0 saturated carbocycles. The van der Waals surface area contributed by atoms with Crippen LogP contribution in [0, 0.1) is 0 Å². The van der Waals surface area contributed by atoms with Crippen molar-refractivity contribution in [3.05, 3.63) is 46.8 Å². The average molecular weight is 268 g/mol. The van der Waals surface area contributed by atoms with E-state index < -0.39 is 0 Å². The first-order valence-corrected chi connectivity index (χ1v) is 6.66. The van der Waals surface area contributed by atoms with Gasteiger partial charge in [-0.1, -0.05) is 24.3 Å². The molecule has 0 bridgehead atoms. The minimum atomic E-state index is -0.278. The predicted octanol–water partition coefficient (Wildman–Crippen LogP) is 2.06. The van der Waals surface area contributed by atoms with Crippen LogP contribution < -0.4 is 10.4 Å². The van der Waals surface area contributed by atoms with Crippen molar-refractivity contribution in [2.45, 2.75) is 19.8 Å². The van der Waals surface area contributed by atoms with Crippen LogP contribution in [0.4, 0.5) is 0 Å². The first-order valence-electron chi connectivity index (χ1n) is 6.66. The molecule has 3 nitrogen and oxygen atoms in total. The van der Waals surface area contributed by atoms with Crippen molar-refractivity contribution in [3.8, 4) is 0 Å². The largest absolute Gasteiger partial charge is 0.500 e. The normalized spacial score (nSPS) is 14.1. The fourth-order valence-electron chi connectivity index (χ4n) is 2.69. The topological polar surface area (TPSA) is 35.5 Å². The SMILES string of the molecule is COC1=c2cc3ccccc3cc2=C(OC(C)=O)CC1. The Morgan fingerprint density at radius 1 is 1.00 bits per heavy atom. The first kappa shape index (κ1) is 12.7. The lowest BCUT2D eigenvalue weighted by Gasteiger charge is -2.16. The van der Waals surface area contributed by atoms with Crippen LogP contribution in [-0.2, 0) is 14.3 Å². The zero-order valence-electron chi connectivity index (χ0n) is 11.6. The molecule has 0 N–H and O–H groups in total. The van der Waals surface area contributed by atoms with E-state index in [9.17, 15) is 4.79 Å². The number of carbonyl (C=O) groups excluding carboxylic acids is 1. The molecule has 0 radical (unpaired) electrons. The Hall–Kier alpha value is -2.29. The van der Waals surface area contributed by atoms with Crippen LogP contribution in [0.5, 0.6) is 0 Å². The van der Waals surface area contributed by atoms with Crippen LogP contribution in [0.25, 0.3) is 22.3 Å². The fourth-order valence-corrected chi connectivity index (χ4v) is 2.69. The zero-order valence-corrected chi connectivity index (χ0v) is 11.6. The van der Waals surface area contributed by atoms with Gasteiger partial charge in [0, 0.05) is 30.2 Å². The second kappa shape index (κ2) is 5.00. The number of benzene rings is 2. The van der Waals surface area contributed by atoms with Gasteiger partial charge in [-0.25, -0.2) is 0 Å². The summed E-state index contributed by atoms with van der Waals surface area (Å²) >= 11 is 0. The zero-order chi connectivity index (χ0) is 14.1. The van der Waals surface area contributed by atoms with Gasteiger partial charge in [-0.3, -0.25) is 4.79 Å². The third kappa shape index (κ3) is 2.16. The second-order valence-electron chi connectivity index (χ2n) is 4.89. The van der Waals surface area contributed by atoms with Gasteiger partial charge in [0.2, 0.25) is 0 Å². The highest BCUT2D eigenvalue weighted by Gasteiger charge is 2.14. The van der Waals surface area contributed by atoms with Gasteiger partial charge in [0.15, 0.2) is 0 Å². The maximum absolute atomic E-state index is 11.3. The monoisotopic (exact) mass is 268 g/mol. The van der Waals surface area contributed by atoms with Crippen LogP contribution >= 0.6 is 0 Å². The molecule has 102 valence electrons. The van der Waals surface area contributed by atoms with E-state index in [1.807, 2.05) is 12.1 Å². The molecule has 0 spiro atoms. The number of hydrogen-bond acceptors (Lipinski definition) is 3. The van der Waals surface area contributed by atoms with Crippen molar-refractivity contribution in [1.29, 1.82) is 0 Å². The van der Waals surface area contributed by atoms with E-state index in [1.54, 1.807) is 7.11 Å². The Bertz CT molecular complexity index is 803. The number of fused-ring (bicyclic) bond motifs is 2. The summed E-state index contributed by atoms with van der Waals surface area (Å²) in [5.41, 5.74) is 0. The molecule has 2 aromatic carbocycles. The molecule has 3 heteroatoms. The molecule has 3 rings (SSSR count). The molecule has 0 aromatic heterocycles. The molecule has 0 unspecified atom stereocenters. The smallest absolute Gasteiger partial charge is 0.307 e. The summed E-state index contributed by atoms with van der Waals surface area (Å²) in [7, 11) is 1.69. The van der Waals surface area contributed by atoms with Gasteiger partial charge in [0.1, 0.15) is 11.5 Å². The molecule has 0 saturated heterocycles. The highest BCUT2D eigenvalue weighted by Crippen LogP contribution is 2.18. The number of methoxy groups -OCH3 is 1. The number of rotatable bonds is 2. The van der Waals surface area contributed by atoms with Crippen molar-refractivity contribution >= 4 is 28.3 Å². The molecule has 1 aliphatic rings. The van der Waals surface area contributed by atoms with Gasteiger partial charge >= 0.3 is 5.97 Å². The van der Waals surface area contributed by atoms with E-state index in [0.717, 1.165) is 39.1 Å². The maximum Gasteiger partial charge on any atom is 0.307 e. The molecule has 20 heavy (non-hydrogen) atoms. The Labute approximate surface area is 117 Å². The summed E-state index contributed by atoms with van der Waals surface area (Å²) in [5.74, 6) is 1.40. The lowest BCUT2D eigenvalue weighted by Crippen LogP contribution is -2.34. The van der Waals surface area contributed by atoms with Gasteiger partial charge in [0.25, 0.3) is 0 Å². The predicted molar refractivity (Wildman–Crippen MR) is 78.0 cm³/mol. The van der Waals surface area contributed by atoms with Crippen LogP contribution in [0.15, 0.2) is 36.4 Å². The van der Waals surface area contributed by atoms with Crippen molar-refractivity contribution in [3.63, 3.8) is 0 Å². The van der Waals surface area contributed by atoms with Crippen molar-refractivity contribution in [2.75, 3.05) is 7.11 Å². The van der Waals surface area contributed by atoms with Crippen molar-refractivity contribution in [2.24, 2.45) is 0 Å². The van der Waals surface area contributed by atoms with Crippen LogP contribution in [0.2, 0.25) is 0 Å². The Morgan fingerprint density at radius 2 is 1.55 bits per heavy atom. The van der Waals surface area contributed by atoms with Crippen molar-refractivity contribution in [1.82, 2.24) is 0 Å². The van der Waals surface area contributed by atoms with Crippen LogP contribution in [0.1, 0.15) is 19.8 Å². The van der Waals surface area contributed by atoms with E-state index >= 15 is 0 Å². The summed E-state index contributed by atoms with van der Waals surface area (Å²) in [5, 5.41) is 4.27. The number of esters is 1. The van der Waals surface area contributed by atoms with Crippen molar-refractivity contribution < 1.29 is 14.3 Å². The van der Waals surface area contributed by atoms with Gasteiger partial charge in [0.05, 0.1) is 7.11 Å². The standard InChI is InChI=1S/C17H16O3/c1-11(18)20-17-8-7-16(19-2)14-9-12-5-3-4-6-13(12)10-15(14)17/h3-6,9-10H,7-8H2,1-2H3. The highest BCUT2D eigenvalue weighted by molar-refractivity contribution is 5.84. The van der Waals surface area contributed by atoms with Gasteiger partial charge in [-0.05, 0) is 22.9 Å². The number of hydrogen-bond donors (Lipinski definition) is 0. The second-order valence-corrected chi connectivity index (χ2v) is 4.89. The highest BCUT2D eigenvalue weighted by atomic mass is 16.5. The molecule has 0 aliphatic heterocycles. The Balaban J connectivity index is 2.40. The Kier molecular flexibility index (Phi) is 3.18. The molecule has 0 atom stereocenters. The first-order chi connectivity index (χ1) is 9.69. The third-order valence-corrected chi connectivity index (χ3v) is 3.58. The summed E-state index contributed by atoms with van der Waals surface area (Å²) in [6, 6.07) is 12.3. The lowest BCUT2D eigenvalue weighted by atomic mass is 10.00. The fraction of sp³-hybridized carbons (Fsp3) is 0.235. The average Bonchev–Trinajstić information content (AvgIpc) is 2.45. The van der Waals surface area contributed by atoms with E-state index in [4.69, 9.17) is 9.47 Å². The van der Waals surface area contributed by atoms with E-state index in [-0.39, 0.29) is 5.97 Å². The van der Waals surface area contributed by atoms with Crippen LogP contribution in [0.3, 0.4) is 0 Å². The Morgan fingerprint density at radius 3 is 2.10 bits per heavy atom. The molecule has 0 fully saturated rings. The van der Waals surface area contributed by atoms with Gasteiger partial charge in [-0.15, -0.1) is 0 Å². The third-order valence-electron chi connectivity index (χ3n) is 3.58. The number of ether oxygens (including phenoxy) is 2. The summed E-state index contributed by atoms with van der Waals surface area (Å²) in [6.07, 6.45) is 1.44. The summed E-state index contributed by atoms with van der Waals surface area (Å²) < 4.78 is 10.9. The minimum absolute atomic E-state index is 0.278. The molecule has 0 amide bonds. The molecule has 0 heterocycles. The minimum Gasteiger partial charge on any atom is -0.500 e. The lowest BCUT2D eigenvalue weighted by molar-refractivity contribution is -0.134. The molecular formula is C17H16O3. The quantitative estimate of drug-likeness (QED) is 0.782. The molecule has 2 aromatic rings. The van der Waals surface area contributed by atoms with Crippen LogP contribution in [-0.4, -0.2) is 13.1 Å². The maximum atomic E-state index is 11.3.